The first-order valence-corrected chi connectivity index (χ1v) is 8.01. The highest BCUT2D eigenvalue weighted by Gasteiger charge is 2.44. The first-order valence-electron chi connectivity index (χ1n) is 6.96. The van der Waals surface area contributed by atoms with Gasteiger partial charge in [0, 0.05) is 5.75 Å². The Morgan fingerprint density at radius 3 is 2.84 bits per heavy atom. The standard InChI is InChI=1S/C14H19NO3S/c1-14(6-3-2-4-7-14)18-13(17)10-5-8-19-12-9-11(16)15(10)12/h5,12H,2-4,6-9H2,1H3. The Bertz CT molecular complexity index is 440. The van der Waals surface area contributed by atoms with E-state index in [4.69, 9.17) is 4.74 Å². The Hall–Kier alpha value is -0.970. The van der Waals surface area contributed by atoms with Crippen LogP contribution in [0, 0.1) is 0 Å². The van der Waals surface area contributed by atoms with Gasteiger partial charge in [-0.25, -0.2) is 4.79 Å². The summed E-state index contributed by atoms with van der Waals surface area (Å²) in [4.78, 5) is 25.5. The van der Waals surface area contributed by atoms with E-state index in [0.717, 1.165) is 31.4 Å². The highest BCUT2D eigenvalue weighted by Crippen LogP contribution is 2.38. The highest BCUT2D eigenvalue weighted by molar-refractivity contribution is 8.00. The van der Waals surface area contributed by atoms with Crippen molar-refractivity contribution in [3.8, 4) is 0 Å². The zero-order valence-corrected chi connectivity index (χ0v) is 12.0. The van der Waals surface area contributed by atoms with Crippen LogP contribution < -0.4 is 0 Å². The quantitative estimate of drug-likeness (QED) is 0.576. The van der Waals surface area contributed by atoms with Crippen LogP contribution in [-0.4, -0.2) is 33.5 Å². The Morgan fingerprint density at radius 2 is 2.16 bits per heavy atom. The van der Waals surface area contributed by atoms with E-state index in [0.29, 0.717) is 12.1 Å². The zero-order valence-electron chi connectivity index (χ0n) is 11.2. The van der Waals surface area contributed by atoms with E-state index in [1.54, 1.807) is 16.7 Å². The number of carbonyl (C=O) groups is 2. The number of hydrogen-bond donors (Lipinski definition) is 0. The molecule has 19 heavy (non-hydrogen) atoms. The number of carbonyl (C=O) groups excluding carboxylic acids is 2. The van der Waals surface area contributed by atoms with E-state index in [1.807, 2.05) is 13.0 Å². The number of β-lactam (4-membered cyclic amide) rings is 1. The topological polar surface area (TPSA) is 46.6 Å². The van der Waals surface area contributed by atoms with Gasteiger partial charge in [0.15, 0.2) is 0 Å². The Kier molecular flexibility index (Phi) is 3.33. The van der Waals surface area contributed by atoms with E-state index in [1.165, 1.54) is 6.42 Å². The minimum atomic E-state index is -0.343. The molecule has 3 rings (SSSR count). The molecular weight excluding hydrogens is 262 g/mol. The highest BCUT2D eigenvalue weighted by atomic mass is 32.2. The van der Waals surface area contributed by atoms with Crippen LogP contribution in [0.4, 0.5) is 0 Å². The number of thioether (sulfide) groups is 1. The van der Waals surface area contributed by atoms with Crippen LogP contribution in [-0.2, 0) is 14.3 Å². The van der Waals surface area contributed by atoms with E-state index in [-0.39, 0.29) is 22.9 Å². The van der Waals surface area contributed by atoms with Crippen molar-refractivity contribution >= 4 is 23.6 Å². The molecular formula is C14H19NO3S. The number of esters is 1. The predicted octanol–water partition coefficient (Wildman–Crippen LogP) is 2.44. The summed E-state index contributed by atoms with van der Waals surface area (Å²) in [6.07, 6.45) is 7.68. The van der Waals surface area contributed by atoms with Gasteiger partial charge in [0.1, 0.15) is 11.3 Å². The molecule has 1 atom stereocenters. The average molecular weight is 281 g/mol. The van der Waals surface area contributed by atoms with Gasteiger partial charge in [-0.15, -0.1) is 11.8 Å². The van der Waals surface area contributed by atoms with Crippen molar-refractivity contribution in [2.45, 2.75) is 56.4 Å². The van der Waals surface area contributed by atoms with Gasteiger partial charge < -0.3 is 4.74 Å². The minimum absolute atomic E-state index is 0.0363. The molecule has 0 bridgehead atoms. The lowest BCUT2D eigenvalue weighted by atomic mass is 9.86. The lowest BCUT2D eigenvalue weighted by molar-refractivity contribution is -0.162. The van der Waals surface area contributed by atoms with Crippen LogP contribution in [0.1, 0.15) is 45.4 Å². The maximum absolute atomic E-state index is 12.3. The number of amides is 1. The largest absolute Gasteiger partial charge is 0.455 e. The molecule has 1 aliphatic carbocycles. The molecule has 0 aromatic heterocycles. The molecule has 1 unspecified atom stereocenters. The van der Waals surface area contributed by atoms with Crippen LogP contribution >= 0.6 is 11.8 Å². The fraction of sp³-hybridized carbons (Fsp3) is 0.714. The molecule has 5 heteroatoms. The lowest BCUT2D eigenvalue weighted by Crippen LogP contribution is -2.53. The fourth-order valence-electron chi connectivity index (χ4n) is 3.01. The van der Waals surface area contributed by atoms with Crippen molar-refractivity contribution in [2.75, 3.05) is 5.75 Å². The molecule has 2 fully saturated rings. The SMILES string of the molecule is CC1(OC(=O)C2=CCSC3CC(=O)N23)CCCCC1. The monoisotopic (exact) mass is 281 g/mol. The van der Waals surface area contributed by atoms with E-state index in [9.17, 15) is 9.59 Å². The predicted molar refractivity (Wildman–Crippen MR) is 73.4 cm³/mol. The first-order chi connectivity index (χ1) is 9.09. The van der Waals surface area contributed by atoms with Gasteiger partial charge in [0.05, 0.1) is 11.8 Å². The van der Waals surface area contributed by atoms with Crippen molar-refractivity contribution in [2.24, 2.45) is 0 Å². The molecule has 2 aliphatic heterocycles. The summed E-state index contributed by atoms with van der Waals surface area (Å²) >= 11 is 1.70. The van der Waals surface area contributed by atoms with Gasteiger partial charge in [0.25, 0.3) is 0 Å². The summed E-state index contributed by atoms with van der Waals surface area (Å²) in [6, 6.07) is 0. The van der Waals surface area contributed by atoms with Crippen molar-refractivity contribution in [1.82, 2.24) is 4.90 Å². The van der Waals surface area contributed by atoms with E-state index in [2.05, 4.69) is 0 Å². The Morgan fingerprint density at radius 1 is 1.42 bits per heavy atom. The summed E-state index contributed by atoms with van der Waals surface area (Å²) in [5.74, 6) is 0.507. The molecule has 0 N–H and O–H groups in total. The van der Waals surface area contributed by atoms with Crippen LogP contribution in [0.5, 0.6) is 0 Å². The maximum atomic E-state index is 12.3. The maximum Gasteiger partial charge on any atom is 0.355 e. The lowest BCUT2D eigenvalue weighted by Gasteiger charge is -2.43. The molecule has 0 radical (unpaired) electrons. The van der Waals surface area contributed by atoms with Crippen LogP contribution in [0.25, 0.3) is 0 Å². The van der Waals surface area contributed by atoms with Gasteiger partial charge in [-0.1, -0.05) is 6.42 Å². The van der Waals surface area contributed by atoms with Crippen molar-refractivity contribution < 1.29 is 14.3 Å². The van der Waals surface area contributed by atoms with Crippen LogP contribution in [0.3, 0.4) is 0 Å². The molecule has 3 aliphatic rings. The van der Waals surface area contributed by atoms with Gasteiger partial charge in [-0.2, -0.15) is 0 Å². The summed E-state index contributed by atoms with van der Waals surface area (Å²) in [5, 5.41) is 0.152. The van der Waals surface area contributed by atoms with Crippen molar-refractivity contribution in [1.29, 1.82) is 0 Å². The molecule has 0 aromatic rings. The van der Waals surface area contributed by atoms with Gasteiger partial charge in [-0.3, -0.25) is 9.69 Å². The molecule has 1 amide bonds. The summed E-state index contributed by atoms with van der Waals surface area (Å²) < 4.78 is 5.71. The van der Waals surface area contributed by atoms with Crippen LogP contribution in [0.15, 0.2) is 11.8 Å². The molecule has 2 heterocycles. The number of rotatable bonds is 2. The number of fused-ring (bicyclic) bond motifs is 1. The summed E-state index contributed by atoms with van der Waals surface area (Å²) in [7, 11) is 0. The molecule has 0 aromatic carbocycles. The Labute approximate surface area is 117 Å². The van der Waals surface area contributed by atoms with E-state index >= 15 is 0 Å². The third-order valence-corrected chi connectivity index (χ3v) is 5.31. The third-order valence-electron chi connectivity index (χ3n) is 4.19. The molecule has 0 spiro atoms. The molecule has 104 valence electrons. The normalized spacial score (nSPS) is 29.1. The van der Waals surface area contributed by atoms with E-state index < -0.39 is 0 Å². The van der Waals surface area contributed by atoms with Gasteiger partial charge in [0.2, 0.25) is 5.91 Å². The fourth-order valence-corrected chi connectivity index (χ4v) is 4.12. The smallest absolute Gasteiger partial charge is 0.355 e. The van der Waals surface area contributed by atoms with Crippen molar-refractivity contribution in [3.05, 3.63) is 11.8 Å². The molecule has 4 nitrogen and oxygen atoms in total. The molecule has 1 saturated carbocycles. The number of nitrogens with zero attached hydrogens (tertiary/aromatic N) is 1. The number of ether oxygens (including phenoxy) is 1. The zero-order chi connectivity index (χ0) is 13.5. The molecule has 1 saturated heterocycles. The van der Waals surface area contributed by atoms with Gasteiger partial charge >= 0.3 is 5.97 Å². The van der Waals surface area contributed by atoms with Crippen molar-refractivity contribution in [3.63, 3.8) is 0 Å². The summed E-state index contributed by atoms with van der Waals surface area (Å²) in [6.45, 7) is 2.01. The first kappa shape index (κ1) is 13.0. The minimum Gasteiger partial charge on any atom is -0.455 e. The second-order valence-corrected chi connectivity index (χ2v) is 6.96. The Balaban J connectivity index is 1.69. The average Bonchev–Trinajstić information content (AvgIpc) is 2.37. The van der Waals surface area contributed by atoms with Gasteiger partial charge in [-0.05, 0) is 38.7 Å². The second kappa shape index (κ2) is 4.85. The summed E-state index contributed by atoms with van der Waals surface area (Å²) in [5.41, 5.74) is 0.122. The number of hydrogen-bond acceptors (Lipinski definition) is 4. The second-order valence-electron chi connectivity index (χ2n) is 5.75. The van der Waals surface area contributed by atoms with Crippen LogP contribution in [0.2, 0.25) is 0 Å². The third kappa shape index (κ3) is 2.40.